The number of allylic oxidation sites excluding steroid dienone is 3. The van der Waals surface area contributed by atoms with Crippen LogP contribution in [0.3, 0.4) is 0 Å². The molecule has 1 fully saturated rings. The van der Waals surface area contributed by atoms with Crippen molar-refractivity contribution in [1.29, 1.82) is 0 Å². The molecule has 0 bridgehead atoms. The van der Waals surface area contributed by atoms with Crippen molar-refractivity contribution in [3.63, 3.8) is 0 Å². The lowest BCUT2D eigenvalue weighted by Crippen LogP contribution is -2.29. The number of benzene rings is 1. The average molecular weight is 340 g/mol. The molecule has 1 saturated heterocycles. The van der Waals surface area contributed by atoms with Crippen molar-refractivity contribution in [2.24, 2.45) is 11.3 Å². The predicted molar refractivity (Wildman–Crippen MR) is 91.0 cm³/mol. The predicted octanol–water partition coefficient (Wildman–Crippen LogP) is 3.68. The molecule has 0 radical (unpaired) electrons. The largest absolute Gasteiger partial charge is 0.493 e. The van der Waals surface area contributed by atoms with E-state index >= 15 is 0 Å². The second-order valence-electron chi connectivity index (χ2n) is 6.56. The van der Waals surface area contributed by atoms with E-state index in [1.54, 1.807) is 6.08 Å². The first kappa shape index (κ1) is 15.8. The van der Waals surface area contributed by atoms with E-state index in [0.29, 0.717) is 17.9 Å². The number of carbonyl (C=O) groups is 1. The van der Waals surface area contributed by atoms with Crippen molar-refractivity contribution in [1.82, 2.24) is 0 Å². The van der Waals surface area contributed by atoms with Gasteiger partial charge in [-0.25, -0.2) is 0 Å². The molecule has 2 aliphatic heterocycles. The Balaban J connectivity index is 1.76. The van der Waals surface area contributed by atoms with Crippen LogP contribution >= 0.6 is 0 Å². The summed E-state index contributed by atoms with van der Waals surface area (Å²) in [5.74, 6) is 2.41. The number of fused-ring (bicyclic) bond motifs is 2. The molecule has 130 valence electrons. The monoisotopic (exact) mass is 340 g/mol. The van der Waals surface area contributed by atoms with Crippen molar-refractivity contribution in [3.8, 4) is 11.5 Å². The number of hydrogen-bond acceptors (Lipinski definition) is 5. The molecule has 4 rings (SSSR count). The van der Waals surface area contributed by atoms with Crippen LogP contribution in [0.1, 0.15) is 25.0 Å². The van der Waals surface area contributed by atoms with Crippen LogP contribution < -0.4 is 9.47 Å². The van der Waals surface area contributed by atoms with Gasteiger partial charge in [-0.2, -0.15) is 0 Å². The number of hydrogen-bond donors (Lipinski definition) is 0. The van der Waals surface area contributed by atoms with Gasteiger partial charge in [-0.15, -0.1) is 6.58 Å². The summed E-state index contributed by atoms with van der Waals surface area (Å²) >= 11 is 0. The summed E-state index contributed by atoms with van der Waals surface area (Å²) in [6.45, 7) is 6.25. The normalized spacial score (nSPS) is 29.4. The Hall–Kier alpha value is -2.69. The van der Waals surface area contributed by atoms with Gasteiger partial charge >= 0.3 is 0 Å². The minimum absolute atomic E-state index is 0.0929. The summed E-state index contributed by atoms with van der Waals surface area (Å²) < 4.78 is 22.4. The highest BCUT2D eigenvalue weighted by molar-refractivity contribution is 6.04. The third-order valence-corrected chi connectivity index (χ3v) is 5.30. The van der Waals surface area contributed by atoms with E-state index in [2.05, 4.69) is 13.5 Å². The Kier molecular flexibility index (Phi) is 3.60. The Bertz CT molecular complexity index is 806. The maximum Gasteiger partial charge on any atom is 0.231 e. The van der Waals surface area contributed by atoms with Crippen molar-refractivity contribution in [2.45, 2.75) is 19.4 Å². The topological polar surface area (TPSA) is 54.0 Å². The van der Waals surface area contributed by atoms with Crippen LogP contribution in [0.2, 0.25) is 0 Å². The first-order chi connectivity index (χ1) is 12.1. The van der Waals surface area contributed by atoms with E-state index in [9.17, 15) is 4.79 Å². The second-order valence-corrected chi connectivity index (χ2v) is 6.56. The first-order valence-electron chi connectivity index (χ1n) is 8.29. The zero-order chi connectivity index (χ0) is 17.6. The average Bonchev–Trinajstić information content (AvgIpc) is 3.18. The lowest BCUT2D eigenvalue weighted by atomic mass is 9.69. The van der Waals surface area contributed by atoms with Crippen LogP contribution in [0, 0.1) is 11.3 Å². The van der Waals surface area contributed by atoms with E-state index in [1.807, 2.05) is 30.4 Å². The number of methoxy groups -OCH3 is 1. The molecule has 1 aliphatic carbocycles. The number of ketones is 1. The molecule has 0 saturated carbocycles. The molecule has 5 heteroatoms. The molecular weight excluding hydrogens is 320 g/mol. The quantitative estimate of drug-likeness (QED) is 0.783. The van der Waals surface area contributed by atoms with E-state index in [-0.39, 0.29) is 24.6 Å². The maximum absolute atomic E-state index is 12.2. The van der Waals surface area contributed by atoms with Crippen LogP contribution in [0.4, 0.5) is 0 Å². The fourth-order valence-corrected chi connectivity index (χ4v) is 3.90. The summed E-state index contributed by atoms with van der Waals surface area (Å²) in [6.07, 6.45) is 5.77. The lowest BCUT2D eigenvalue weighted by Gasteiger charge is -2.31. The highest BCUT2D eigenvalue weighted by atomic mass is 16.7. The summed E-state index contributed by atoms with van der Waals surface area (Å²) in [5, 5.41) is 0. The fraction of sp³-hybridized carbons (Fsp3) is 0.350. The molecular formula is C20H20O5. The fourth-order valence-electron chi connectivity index (χ4n) is 3.90. The van der Waals surface area contributed by atoms with Crippen molar-refractivity contribution in [3.05, 3.63) is 60.1 Å². The molecule has 1 unspecified atom stereocenters. The van der Waals surface area contributed by atoms with E-state index < -0.39 is 5.41 Å². The van der Waals surface area contributed by atoms with Crippen molar-refractivity contribution >= 4 is 5.78 Å². The SMILES string of the molecule is C=CC[C@@]12C=C(OC)C(=O)C=C1OC(c1ccc3c(c1)OCO3)[C@H]2C. The van der Waals surface area contributed by atoms with E-state index in [1.165, 1.54) is 7.11 Å². The van der Waals surface area contributed by atoms with Crippen LogP contribution in [-0.4, -0.2) is 19.7 Å². The molecule has 3 atom stereocenters. The molecule has 0 aromatic heterocycles. The molecule has 2 heterocycles. The number of carbonyl (C=O) groups excluding carboxylic acids is 1. The van der Waals surface area contributed by atoms with Gasteiger partial charge in [-0.05, 0) is 30.2 Å². The third-order valence-electron chi connectivity index (χ3n) is 5.30. The van der Waals surface area contributed by atoms with Gasteiger partial charge in [-0.1, -0.05) is 19.1 Å². The van der Waals surface area contributed by atoms with Gasteiger partial charge in [0.25, 0.3) is 0 Å². The van der Waals surface area contributed by atoms with Gasteiger partial charge in [-0.3, -0.25) is 4.79 Å². The lowest BCUT2D eigenvalue weighted by molar-refractivity contribution is -0.114. The highest BCUT2D eigenvalue weighted by Gasteiger charge is 2.53. The molecule has 0 spiro atoms. The minimum atomic E-state index is -0.429. The van der Waals surface area contributed by atoms with Gasteiger partial charge in [0, 0.05) is 12.0 Å². The standard InChI is InChI=1S/C20H20O5/c1-4-7-20-10-17(22-3)14(21)9-18(20)25-19(12(20)2)13-5-6-15-16(8-13)24-11-23-15/h4-6,8-10,12,19H,1,7,11H2,2-3H3/t12-,19?,20+/m1/s1. The van der Waals surface area contributed by atoms with E-state index in [4.69, 9.17) is 18.9 Å². The molecule has 3 aliphatic rings. The van der Waals surface area contributed by atoms with Crippen LogP contribution in [0.15, 0.2) is 54.5 Å². The molecule has 5 nitrogen and oxygen atoms in total. The van der Waals surface area contributed by atoms with Gasteiger partial charge < -0.3 is 18.9 Å². The second kappa shape index (κ2) is 5.69. The summed E-state index contributed by atoms with van der Waals surface area (Å²) in [4.78, 5) is 12.2. The summed E-state index contributed by atoms with van der Waals surface area (Å²) in [6, 6.07) is 5.83. The molecule has 25 heavy (non-hydrogen) atoms. The number of ether oxygens (including phenoxy) is 4. The van der Waals surface area contributed by atoms with Crippen LogP contribution in [0.5, 0.6) is 11.5 Å². The highest BCUT2D eigenvalue weighted by Crippen LogP contribution is 2.58. The van der Waals surface area contributed by atoms with Crippen molar-refractivity contribution < 1.29 is 23.7 Å². The molecule has 1 aromatic carbocycles. The van der Waals surface area contributed by atoms with E-state index in [0.717, 1.165) is 17.1 Å². The Morgan fingerprint density at radius 3 is 2.92 bits per heavy atom. The zero-order valence-corrected chi connectivity index (χ0v) is 14.3. The maximum atomic E-state index is 12.2. The number of rotatable bonds is 4. The van der Waals surface area contributed by atoms with Crippen LogP contribution in [0.25, 0.3) is 0 Å². The molecule has 0 amide bonds. The van der Waals surface area contributed by atoms with Gasteiger partial charge in [0.1, 0.15) is 11.9 Å². The summed E-state index contributed by atoms with van der Waals surface area (Å²) in [7, 11) is 1.51. The first-order valence-corrected chi connectivity index (χ1v) is 8.29. The Labute approximate surface area is 146 Å². The van der Waals surface area contributed by atoms with Gasteiger partial charge in [0.2, 0.25) is 12.6 Å². The summed E-state index contributed by atoms with van der Waals surface area (Å²) in [5.41, 5.74) is 0.567. The Morgan fingerprint density at radius 2 is 2.16 bits per heavy atom. The van der Waals surface area contributed by atoms with Gasteiger partial charge in [0.05, 0.1) is 12.5 Å². The Morgan fingerprint density at radius 1 is 1.36 bits per heavy atom. The molecule has 1 aromatic rings. The zero-order valence-electron chi connectivity index (χ0n) is 14.3. The smallest absolute Gasteiger partial charge is 0.231 e. The molecule has 0 N–H and O–H groups in total. The van der Waals surface area contributed by atoms with Crippen LogP contribution in [-0.2, 0) is 14.3 Å². The van der Waals surface area contributed by atoms with Gasteiger partial charge in [0.15, 0.2) is 17.3 Å². The van der Waals surface area contributed by atoms with Crippen molar-refractivity contribution in [2.75, 3.05) is 13.9 Å². The minimum Gasteiger partial charge on any atom is -0.493 e. The third kappa shape index (κ3) is 2.26.